The zero-order valence-corrected chi connectivity index (χ0v) is 14.5. The van der Waals surface area contributed by atoms with Crippen LogP contribution in [0.4, 0.5) is 0 Å². The van der Waals surface area contributed by atoms with Crippen molar-refractivity contribution in [3.8, 4) is 5.75 Å². The Hall–Kier alpha value is -2.72. The molecule has 1 unspecified atom stereocenters. The lowest BCUT2D eigenvalue weighted by Crippen LogP contribution is -2.26. The van der Waals surface area contributed by atoms with Crippen molar-refractivity contribution in [1.82, 2.24) is 5.32 Å². The summed E-state index contributed by atoms with van der Waals surface area (Å²) < 4.78 is 11.2. The number of hydrogen-bond acceptors (Lipinski definition) is 3. The highest BCUT2D eigenvalue weighted by molar-refractivity contribution is 6.32. The van der Waals surface area contributed by atoms with Gasteiger partial charge in [-0.1, -0.05) is 54.1 Å². The van der Waals surface area contributed by atoms with E-state index in [1.54, 1.807) is 24.3 Å². The van der Waals surface area contributed by atoms with Gasteiger partial charge in [0, 0.05) is 0 Å². The molecule has 1 aromatic heterocycles. The van der Waals surface area contributed by atoms with Gasteiger partial charge in [-0.3, -0.25) is 4.79 Å². The summed E-state index contributed by atoms with van der Waals surface area (Å²) in [5.41, 5.74) is 1.03. The van der Waals surface area contributed by atoms with E-state index in [1.807, 2.05) is 49.4 Å². The number of benzene rings is 2. The summed E-state index contributed by atoms with van der Waals surface area (Å²) in [5, 5.41) is 3.45. The van der Waals surface area contributed by atoms with Gasteiger partial charge in [0.2, 0.25) is 0 Å². The summed E-state index contributed by atoms with van der Waals surface area (Å²) in [6.45, 7) is 2.13. The molecule has 0 saturated heterocycles. The molecule has 1 N–H and O–H groups in total. The van der Waals surface area contributed by atoms with Gasteiger partial charge in [0.05, 0.1) is 11.1 Å². The summed E-state index contributed by atoms with van der Waals surface area (Å²) >= 11 is 6.04. The maximum absolute atomic E-state index is 12.3. The summed E-state index contributed by atoms with van der Waals surface area (Å²) in [6.07, 6.45) is 0. The standard InChI is InChI=1S/C20H18ClNO3/c1-14(15-7-3-2-4-8-15)22-20(23)19-12-11-16(25-19)13-24-18-10-6-5-9-17(18)21/h2-12,14H,13H2,1H3,(H,22,23). The second-order valence-electron chi connectivity index (χ2n) is 5.59. The normalized spacial score (nSPS) is 11.8. The highest BCUT2D eigenvalue weighted by Gasteiger charge is 2.15. The molecule has 0 fully saturated rings. The van der Waals surface area contributed by atoms with Crippen LogP contribution in [-0.2, 0) is 6.61 Å². The van der Waals surface area contributed by atoms with E-state index in [9.17, 15) is 4.79 Å². The number of rotatable bonds is 6. The van der Waals surface area contributed by atoms with Crippen LogP contribution >= 0.6 is 11.6 Å². The molecule has 0 aliphatic heterocycles. The SMILES string of the molecule is CC(NC(=O)c1ccc(COc2ccccc2Cl)o1)c1ccccc1. The predicted octanol–water partition coefficient (Wildman–Crippen LogP) is 5.00. The number of halogens is 1. The zero-order chi connectivity index (χ0) is 17.6. The lowest BCUT2D eigenvalue weighted by atomic mass is 10.1. The molecule has 0 spiro atoms. The van der Waals surface area contributed by atoms with Crippen LogP contribution < -0.4 is 10.1 Å². The van der Waals surface area contributed by atoms with Gasteiger partial charge < -0.3 is 14.5 Å². The Labute approximate surface area is 151 Å². The van der Waals surface area contributed by atoms with Crippen molar-refractivity contribution in [2.75, 3.05) is 0 Å². The van der Waals surface area contributed by atoms with Gasteiger partial charge in [-0.25, -0.2) is 0 Å². The van der Waals surface area contributed by atoms with Crippen LogP contribution in [0.2, 0.25) is 5.02 Å². The van der Waals surface area contributed by atoms with E-state index < -0.39 is 0 Å². The van der Waals surface area contributed by atoms with Crippen molar-refractivity contribution in [2.45, 2.75) is 19.6 Å². The van der Waals surface area contributed by atoms with Crippen molar-refractivity contribution in [3.05, 3.63) is 88.8 Å². The summed E-state index contributed by atoms with van der Waals surface area (Å²) in [5.74, 6) is 1.11. The van der Waals surface area contributed by atoms with E-state index >= 15 is 0 Å². The van der Waals surface area contributed by atoms with Gasteiger partial charge in [-0.15, -0.1) is 0 Å². The molecule has 0 saturated carbocycles. The smallest absolute Gasteiger partial charge is 0.287 e. The molecule has 25 heavy (non-hydrogen) atoms. The van der Waals surface area contributed by atoms with Crippen LogP contribution in [0.25, 0.3) is 0 Å². The molecule has 3 rings (SSSR count). The fraction of sp³-hybridized carbons (Fsp3) is 0.150. The minimum atomic E-state index is -0.264. The van der Waals surface area contributed by atoms with E-state index in [0.717, 1.165) is 5.56 Å². The fourth-order valence-electron chi connectivity index (χ4n) is 2.38. The summed E-state index contributed by atoms with van der Waals surface area (Å²) in [4.78, 5) is 12.3. The van der Waals surface area contributed by atoms with Crippen LogP contribution in [0.5, 0.6) is 5.75 Å². The van der Waals surface area contributed by atoms with Gasteiger partial charge in [-0.05, 0) is 36.8 Å². The average Bonchev–Trinajstić information content (AvgIpc) is 3.11. The maximum atomic E-state index is 12.3. The number of amides is 1. The van der Waals surface area contributed by atoms with Crippen LogP contribution in [-0.4, -0.2) is 5.91 Å². The largest absolute Gasteiger partial charge is 0.484 e. The van der Waals surface area contributed by atoms with E-state index in [1.165, 1.54) is 0 Å². The average molecular weight is 356 g/mol. The molecule has 0 aliphatic rings. The van der Waals surface area contributed by atoms with Crippen molar-refractivity contribution in [2.24, 2.45) is 0 Å². The first-order chi connectivity index (χ1) is 12.1. The lowest BCUT2D eigenvalue weighted by molar-refractivity contribution is 0.0907. The van der Waals surface area contributed by atoms with E-state index in [0.29, 0.717) is 16.5 Å². The molecule has 0 aliphatic carbocycles. The van der Waals surface area contributed by atoms with Crippen molar-refractivity contribution >= 4 is 17.5 Å². The Balaban J connectivity index is 1.59. The van der Waals surface area contributed by atoms with Crippen molar-refractivity contribution in [1.29, 1.82) is 0 Å². The summed E-state index contributed by atoms with van der Waals surface area (Å²) in [6, 6.07) is 20.2. The minimum Gasteiger partial charge on any atom is -0.484 e. The quantitative estimate of drug-likeness (QED) is 0.676. The Kier molecular flexibility index (Phi) is 5.41. The Morgan fingerprint density at radius 2 is 1.80 bits per heavy atom. The van der Waals surface area contributed by atoms with E-state index in [4.69, 9.17) is 20.8 Å². The number of para-hydroxylation sites is 1. The second kappa shape index (κ2) is 7.90. The van der Waals surface area contributed by atoms with Gasteiger partial charge in [0.15, 0.2) is 5.76 Å². The number of ether oxygens (including phenoxy) is 1. The van der Waals surface area contributed by atoms with Gasteiger partial charge in [0.1, 0.15) is 18.1 Å². The molecule has 2 aromatic carbocycles. The number of nitrogens with one attached hydrogen (secondary N) is 1. The summed E-state index contributed by atoms with van der Waals surface area (Å²) in [7, 11) is 0. The Bertz CT molecular complexity index is 845. The highest BCUT2D eigenvalue weighted by Crippen LogP contribution is 2.24. The molecule has 1 atom stereocenters. The molecule has 1 amide bonds. The van der Waals surface area contributed by atoms with Crippen molar-refractivity contribution in [3.63, 3.8) is 0 Å². The molecule has 3 aromatic rings. The van der Waals surface area contributed by atoms with Crippen LogP contribution in [0, 0.1) is 0 Å². The number of carbonyl (C=O) groups excluding carboxylic acids is 1. The van der Waals surface area contributed by atoms with Crippen LogP contribution in [0.15, 0.2) is 71.1 Å². The van der Waals surface area contributed by atoms with Gasteiger partial charge in [-0.2, -0.15) is 0 Å². The molecular formula is C20H18ClNO3. The zero-order valence-electron chi connectivity index (χ0n) is 13.7. The Morgan fingerprint density at radius 3 is 2.56 bits per heavy atom. The van der Waals surface area contributed by atoms with Crippen LogP contribution in [0.1, 0.15) is 34.8 Å². The second-order valence-corrected chi connectivity index (χ2v) is 6.00. The monoisotopic (exact) mass is 355 g/mol. The molecular weight excluding hydrogens is 338 g/mol. The number of carbonyl (C=O) groups is 1. The molecule has 128 valence electrons. The van der Waals surface area contributed by atoms with Gasteiger partial charge >= 0.3 is 0 Å². The maximum Gasteiger partial charge on any atom is 0.287 e. The molecule has 1 heterocycles. The molecule has 0 radical (unpaired) electrons. The minimum absolute atomic E-state index is 0.110. The molecule has 4 nitrogen and oxygen atoms in total. The fourth-order valence-corrected chi connectivity index (χ4v) is 2.57. The molecule has 0 bridgehead atoms. The first-order valence-electron chi connectivity index (χ1n) is 7.95. The lowest BCUT2D eigenvalue weighted by Gasteiger charge is -2.13. The van der Waals surface area contributed by atoms with Crippen LogP contribution in [0.3, 0.4) is 0 Å². The first-order valence-corrected chi connectivity index (χ1v) is 8.33. The number of hydrogen-bond donors (Lipinski definition) is 1. The third kappa shape index (κ3) is 4.43. The first kappa shape index (κ1) is 17.1. The topological polar surface area (TPSA) is 51.5 Å². The predicted molar refractivity (Wildman–Crippen MR) is 96.8 cm³/mol. The van der Waals surface area contributed by atoms with E-state index in [2.05, 4.69) is 5.32 Å². The van der Waals surface area contributed by atoms with Gasteiger partial charge in [0.25, 0.3) is 5.91 Å². The van der Waals surface area contributed by atoms with E-state index in [-0.39, 0.29) is 24.3 Å². The number of furan rings is 1. The molecule has 5 heteroatoms. The third-order valence-corrected chi connectivity index (χ3v) is 4.05. The van der Waals surface area contributed by atoms with Crippen molar-refractivity contribution < 1.29 is 13.9 Å². The highest BCUT2D eigenvalue weighted by atomic mass is 35.5. The third-order valence-electron chi connectivity index (χ3n) is 3.74. The Morgan fingerprint density at radius 1 is 1.08 bits per heavy atom.